The van der Waals surface area contributed by atoms with Crippen LogP contribution in [0.5, 0.6) is 0 Å². The van der Waals surface area contributed by atoms with Crippen LogP contribution in [-0.4, -0.2) is 11.5 Å². The molecular formula is C7H8NO2. The zero-order valence-electron chi connectivity index (χ0n) is 5.37. The Hall–Kier alpha value is -1.25. The van der Waals surface area contributed by atoms with Crippen LogP contribution in [0.2, 0.25) is 0 Å². The summed E-state index contributed by atoms with van der Waals surface area (Å²) in [6.07, 6.45) is 6.41. The number of rotatable bonds is 2. The highest BCUT2D eigenvalue weighted by atomic mass is 16.3. The lowest BCUT2D eigenvalue weighted by Crippen LogP contribution is -2.13. The Labute approximate surface area is 59.0 Å². The minimum absolute atomic E-state index is 0.134. The number of aliphatic hydroxyl groups excluding tert-OH is 1. The van der Waals surface area contributed by atoms with Crippen LogP contribution < -0.4 is 5.32 Å². The molecule has 1 rings (SSSR count). The van der Waals surface area contributed by atoms with Gasteiger partial charge in [0.15, 0.2) is 0 Å². The Balaban J connectivity index is 2.64. The predicted molar refractivity (Wildman–Crippen MR) is 36.9 cm³/mol. The number of amides is 1. The Bertz CT molecular complexity index is 194. The lowest BCUT2D eigenvalue weighted by atomic mass is 10.1. The van der Waals surface area contributed by atoms with Crippen LogP contribution in [0, 0.1) is 6.42 Å². The van der Waals surface area contributed by atoms with E-state index in [2.05, 4.69) is 5.32 Å². The fraction of sp³-hybridized carbons (Fsp3) is 0.143. The van der Waals surface area contributed by atoms with E-state index in [1.165, 1.54) is 0 Å². The van der Waals surface area contributed by atoms with Crippen molar-refractivity contribution < 1.29 is 9.90 Å². The van der Waals surface area contributed by atoms with Gasteiger partial charge in [-0.2, -0.15) is 0 Å². The second-order valence-corrected chi connectivity index (χ2v) is 1.90. The number of carbonyl (C=O) groups excluding carboxylic acids is 1. The lowest BCUT2D eigenvalue weighted by molar-refractivity contribution is -0.108. The third-order valence-corrected chi connectivity index (χ3v) is 1.22. The molecule has 1 aliphatic carbocycles. The highest BCUT2D eigenvalue weighted by molar-refractivity contribution is 5.53. The molecule has 0 aliphatic heterocycles. The summed E-state index contributed by atoms with van der Waals surface area (Å²) in [7, 11) is 0. The van der Waals surface area contributed by atoms with Crippen molar-refractivity contribution in [1.29, 1.82) is 0 Å². The monoisotopic (exact) mass is 138 g/mol. The molecule has 0 atom stereocenters. The van der Waals surface area contributed by atoms with E-state index < -0.39 is 0 Å². The fourth-order valence-electron chi connectivity index (χ4n) is 0.746. The highest BCUT2D eigenvalue weighted by Crippen LogP contribution is 2.11. The Morgan fingerprint density at radius 2 is 2.50 bits per heavy atom. The van der Waals surface area contributed by atoms with Gasteiger partial charge >= 0.3 is 0 Å². The quantitative estimate of drug-likeness (QED) is 0.551. The number of hydrogen-bond acceptors (Lipinski definition) is 2. The molecule has 10 heavy (non-hydrogen) atoms. The number of carbonyl (C=O) groups is 1. The number of nitrogens with one attached hydrogen (secondary N) is 1. The fourth-order valence-corrected chi connectivity index (χ4v) is 0.746. The Morgan fingerprint density at radius 3 is 3.10 bits per heavy atom. The van der Waals surface area contributed by atoms with Crippen molar-refractivity contribution in [1.82, 2.24) is 5.32 Å². The van der Waals surface area contributed by atoms with E-state index >= 15 is 0 Å². The smallest absolute Gasteiger partial charge is 0.211 e. The van der Waals surface area contributed by atoms with Gasteiger partial charge < -0.3 is 10.4 Å². The van der Waals surface area contributed by atoms with Crippen molar-refractivity contribution in [3.05, 3.63) is 30.0 Å². The molecule has 0 spiro atoms. The van der Waals surface area contributed by atoms with E-state index in [1.807, 2.05) is 6.42 Å². The van der Waals surface area contributed by atoms with Crippen molar-refractivity contribution in [3.63, 3.8) is 0 Å². The summed E-state index contributed by atoms with van der Waals surface area (Å²) >= 11 is 0. The molecule has 0 unspecified atom stereocenters. The van der Waals surface area contributed by atoms with E-state index in [-0.39, 0.29) is 5.76 Å². The summed E-state index contributed by atoms with van der Waals surface area (Å²) in [5.41, 5.74) is 0.459. The van der Waals surface area contributed by atoms with Gasteiger partial charge in [0.2, 0.25) is 6.41 Å². The van der Waals surface area contributed by atoms with E-state index in [4.69, 9.17) is 5.11 Å². The minimum Gasteiger partial charge on any atom is -0.506 e. The van der Waals surface area contributed by atoms with E-state index in [9.17, 15) is 4.79 Å². The molecule has 0 heterocycles. The molecule has 0 aromatic heterocycles. The average molecular weight is 138 g/mol. The first-order chi connectivity index (χ1) is 4.84. The van der Waals surface area contributed by atoms with Gasteiger partial charge in [-0.05, 0) is 18.9 Å². The maximum absolute atomic E-state index is 9.91. The van der Waals surface area contributed by atoms with Crippen LogP contribution in [0.1, 0.15) is 6.42 Å². The van der Waals surface area contributed by atoms with Gasteiger partial charge in [0.05, 0.1) is 5.70 Å². The zero-order valence-corrected chi connectivity index (χ0v) is 5.37. The summed E-state index contributed by atoms with van der Waals surface area (Å²) in [6, 6.07) is 0. The van der Waals surface area contributed by atoms with Gasteiger partial charge in [0, 0.05) is 0 Å². The molecule has 2 N–H and O–H groups in total. The standard InChI is InChI=1S/C7H8NO2/c9-5-8-6-3-1-2-4-7(6)10/h1,3-5,10H,2H2,(H,8,9). The molecule has 0 aromatic rings. The van der Waals surface area contributed by atoms with Crippen LogP contribution in [-0.2, 0) is 4.79 Å². The van der Waals surface area contributed by atoms with Gasteiger partial charge in [0.1, 0.15) is 5.76 Å². The van der Waals surface area contributed by atoms with Crippen LogP contribution >= 0.6 is 0 Å². The van der Waals surface area contributed by atoms with Gasteiger partial charge in [-0.25, -0.2) is 0 Å². The third-order valence-electron chi connectivity index (χ3n) is 1.22. The van der Waals surface area contributed by atoms with Crippen molar-refractivity contribution >= 4 is 6.41 Å². The lowest BCUT2D eigenvalue weighted by Gasteiger charge is -2.08. The zero-order chi connectivity index (χ0) is 7.40. The first kappa shape index (κ1) is 6.86. The first-order valence-corrected chi connectivity index (χ1v) is 2.98. The maximum Gasteiger partial charge on any atom is 0.211 e. The van der Waals surface area contributed by atoms with E-state index in [0.717, 1.165) is 6.42 Å². The molecule has 0 bridgehead atoms. The second-order valence-electron chi connectivity index (χ2n) is 1.90. The molecule has 0 aromatic carbocycles. The Morgan fingerprint density at radius 1 is 1.70 bits per heavy atom. The topological polar surface area (TPSA) is 49.3 Å². The summed E-state index contributed by atoms with van der Waals surface area (Å²) in [5.74, 6) is 0.134. The molecule has 1 aliphatic rings. The van der Waals surface area contributed by atoms with Gasteiger partial charge in [-0.3, -0.25) is 4.79 Å². The largest absolute Gasteiger partial charge is 0.506 e. The molecule has 0 saturated heterocycles. The number of hydrogen-bond donors (Lipinski definition) is 2. The summed E-state index contributed by atoms with van der Waals surface area (Å²) < 4.78 is 0. The SMILES string of the molecule is O=CNC1=C[CH]CC=C1O. The average Bonchev–Trinajstić information content (AvgIpc) is 1.94. The van der Waals surface area contributed by atoms with Crippen molar-refractivity contribution in [2.45, 2.75) is 6.42 Å². The molecule has 53 valence electrons. The van der Waals surface area contributed by atoms with Gasteiger partial charge in [-0.15, -0.1) is 0 Å². The number of aliphatic hydroxyl groups is 1. The highest BCUT2D eigenvalue weighted by Gasteiger charge is 2.04. The number of allylic oxidation sites excluding steroid dienone is 2. The summed E-state index contributed by atoms with van der Waals surface area (Å²) in [5, 5.41) is 11.4. The van der Waals surface area contributed by atoms with E-state index in [1.54, 1.807) is 12.2 Å². The normalized spacial score (nSPS) is 17.2. The van der Waals surface area contributed by atoms with E-state index in [0.29, 0.717) is 12.1 Å². The first-order valence-electron chi connectivity index (χ1n) is 2.98. The minimum atomic E-state index is 0.134. The molecule has 3 nitrogen and oxygen atoms in total. The van der Waals surface area contributed by atoms with Crippen molar-refractivity contribution in [2.24, 2.45) is 0 Å². The van der Waals surface area contributed by atoms with Crippen LogP contribution in [0.4, 0.5) is 0 Å². The van der Waals surface area contributed by atoms with Crippen LogP contribution in [0.3, 0.4) is 0 Å². The molecular weight excluding hydrogens is 130 g/mol. The van der Waals surface area contributed by atoms with Gasteiger partial charge in [0.25, 0.3) is 0 Å². The molecule has 0 saturated carbocycles. The third kappa shape index (κ3) is 1.37. The van der Waals surface area contributed by atoms with Crippen molar-refractivity contribution in [3.8, 4) is 0 Å². The molecule has 0 fully saturated rings. The van der Waals surface area contributed by atoms with Crippen LogP contribution in [0.15, 0.2) is 23.6 Å². The second kappa shape index (κ2) is 3.06. The predicted octanol–water partition coefficient (Wildman–Crippen LogP) is 0.666. The Kier molecular flexibility index (Phi) is 2.10. The van der Waals surface area contributed by atoms with Crippen molar-refractivity contribution in [2.75, 3.05) is 0 Å². The summed E-state index contributed by atoms with van der Waals surface area (Å²) in [4.78, 5) is 9.91. The van der Waals surface area contributed by atoms with Gasteiger partial charge in [-0.1, -0.05) is 6.08 Å². The molecule has 1 radical (unpaired) electrons. The molecule has 1 amide bonds. The molecule has 3 heteroatoms. The maximum atomic E-state index is 9.91. The summed E-state index contributed by atoms with van der Waals surface area (Å²) in [6.45, 7) is 0. The van der Waals surface area contributed by atoms with Crippen LogP contribution in [0.25, 0.3) is 0 Å².